The highest BCUT2D eigenvalue weighted by Crippen LogP contribution is 2.25. The van der Waals surface area contributed by atoms with E-state index in [1.54, 1.807) is 0 Å². The molecule has 114 valence electrons. The van der Waals surface area contributed by atoms with Crippen molar-refractivity contribution in [2.24, 2.45) is 0 Å². The predicted octanol–water partition coefficient (Wildman–Crippen LogP) is 3.56. The van der Waals surface area contributed by atoms with Gasteiger partial charge in [-0.15, -0.1) is 0 Å². The summed E-state index contributed by atoms with van der Waals surface area (Å²) in [5, 5.41) is 5.58. The third-order valence-corrected chi connectivity index (χ3v) is 3.32. The van der Waals surface area contributed by atoms with Crippen LogP contribution in [-0.4, -0.2) is 31.2 Å². The summed E-state index contributed by atoms with van der Waals surface area (Å²) in [6, 6.07) is 8.08. The van der Waals surface area contributed by atoms with Gasteiger partial charge in [0, 0.05) is 30.4 Å². The average molecular weight is 294 g/mol. The SMILES string of the molecule is CCNC(CCOCC(F)F)c1cncc2ccccc12. The first-order valence-electron chi connectivity index (χ1n) is 7.14. The van der Waals surface area contributed by atoms with Crippen molar-refractivity contribution in [3.05, 3.63) is 42.2 Å². The van der Waals surface area contributed by atoms with Gasteiger partial charge in [-0.05, 0) is 23.9 Å². The molecule has 2 rings (SSSR count). The Balaban J connectivity index is 2.12. The molecule has 0 radical (unpaired) electrons. The van der Waals surface area contributed by atoms with Crippen molar-refractivity contribution in [3.63, 3.8) is 0 Å². The van der Waals surface area contributed by atoms with E-state index in [9.17, 15) is 8.78 Å². The van der Waals surface area contributed by atoms with Crippen LogP contribution >= 0.6 is 0 Å². The van der Waals surface area contributed by atoms with E-state index in [2.05, 4.69) is 16.4 Å². The number of hydrogen-bond donors (Lipinski definition) is 1. The number of ether oxygens (including phenoxy) is 1. The Bertz CT molecular complexity index is 557. The van der Waals surface area contributed by atoms with Gasteiger partial charge in [0.25, 0.3) is 6.43 Å². The molecule has 3 nitrogen and oxygen atoms in total. The molecular formula is C16H20F2N2O. The largest absolute Gasteiger partial charge is 0.375 e. The normalized spacial score (nSPS) is 13.0. The minimum Gasteiger partial charge on any atom is -0.375 e. The maximum absolute atomic E-state index is 12.1. The van der Waals surface area contributed by atoms with Crippen LogP contribution in [0.4, 0.5) is 8.78 Å². The smallest absolute Gasteiger partial charge is 0.261 e. The maximum atomic E-state index is 12.1. The summed E-state index contributed by atoms with van der Waals surface area (Å²) in [4.78, 5) is 4.27. The Morgan fingerprint density at radius 3 is 2.81 bits per heavy atom. The number of aromatic nitrogens is 1. The van der Waals surface area contributed by atoms with Crippen molar-refractivity contribution in [1.82, 2.24) is 10.3 Å². The van der Waals surface area contributed by atoms with Gasteiger partial charge in [-0.3, -0.25) is 4.98 Å². The average Bonchev–Trinajstić information content (AvgIpc) is 2.49. The van der Waals surface area contributed by atoms with Gasteiger partial charge in [0.05, 0.1) is 0 Å². The van der Waals surface area contributed by atoms with Gasteiger partial charge >= 0.3 is 0 Å². The molecule has 1 N–H and O–H groups in total. The first-order valence-corrected chi connectivity index (χ1v) is 7.14. The number of nitrogens with one attached hydrogen (secondary N) is 1. The lowest BCUT2D eigenvalue weighted by atomic mass is 9.99. The Morgan fingerprint density at radius 1 is 1.24 bits per heavy atom. The maximum Gasteiger partial charge on any atom is 0.261 e. The summed E-state index contributed by atoms with van der Waals surface area (Å²) in [6.45, 7) is 2.60. The van der Waals surface area contributed by atoms with Gasteiger partial charge in [-0.2, -0.15) is 0 Å². The van der Waals surface area contributed by atoms with E-state index in [0.717, 1.165) is 22.9 Å². The predicted molar refractivity (Wildman–Crippen MR) is 79.6 cm³/mol. The quantitative estimate of drug-likeness (QED) is 0.756. The fraction of sp³-hybridized carbons (Fsp3) is 0.438. The Kier molecular flexibility index (Phi) is 6.02. The van der Waals surface area contributed by atoms with Crippen LogP contribution in [0.25, 0.3) is 10.8 Å². The van der Waals surface area contributed by atoms with Crippen molar-refractivity contribution in [1.29, 1.82) is 0 Å². The van der Waals surface area contributed by atoms with Crippen LogP contribution in [0.15, 0.2) is 36.7 Å². The first-order chi connectivity index (χ1) is 10.2. The van der Waals surface area contributed by atoms with Gasteiger partial charge in [-0.25, -0.2) is 8.78 Å². The van der Waals surface area contributed by atoms with Crippen molar-refractivity contribution >= 4 is 10.8 Å². The van der Waals surface area contributed by atoms with Gasteiger partial charge in [0.2, 0.25) is 0 Å². The fourth-order valence-electron chi connectivity index (χ4n) is 2.41. The summed E-state index contributed by atoms with van der Waals surface area (Å²) >= 11 is 0. The number of halogens is 2. The first kappa shape index (κ1) is 15.8. The van der Waals surface area contributed by atoms with Crippen molar-refractivity contribution in [2.75, 3.05) is 19.8 Å². The Morgan fingerprint density at radius 2 is 2.05 bits per heavy atom. The highest BCUT2D eigenvalue weighted by molar-refractivity contribution is 5.85. The molecule has 0 aliphatic rings. The van der Waals surface area contributed by atoms with Gasteiger partial charge in [0.1, 0.15) is 6.61 Å². The van der Waals surface area contributed by atoms with Gasteiger partial charge in [0.15, 0.2) is 0 Å². The van der Waals surface area contributed by atoms with E-state index in [4.69, 9.17) is 4.74 Å². The van der Waals surface area contributed by atoms with E-state index in [1.807, 2.05) is 37.5 Å². The third kappa shape index (κ3) is 4.44. The molecule has 0 saturated heterocycles. The van der Waals surface area contributed by atoms with Gasteiger partial charge in [-0.1, -0.05) is 31.2 Å². The molecule has 0 aliphatic heterocycles. The minimum atomic E-state index is -2.41. The molecule has 0 spiro atoms. The van der Waals surface area contributed by atoms with E-state index in [1.165, 1.54) is 0 Å². The number of rotatable bonds is 8. The fourth-order valence-corrected chi connectivity index (χ4v) is 2.41. The molecule has 1 atom stereocenters. The highest BCUT2D eigenvalue weighted by atomic mass is 19.3. The van der Waals surface area contributed by atoms with Crippen molar-refractivity contribution < 1.29 is 13.5 Å². The molecule has 1 aromatic carbocycles. The highest BCUT2D eigenvalue weighted by Gasteiger charge is 2.14. The van der Waals surface area contributed by atoms with E-state index in [-0.39, 0.29) is 6.04 Å². The summed E-state index contributed by atoms with van der Waals surface area (Å²) in [6.07, 6.45) is 1.88. The van der Waals surface area contributed by atoms with Crippen molar-refractivity contribution in [3.8, 4) is 0 Å². The minimum absolute atomic E-state index is 0.0475. The topological polar surface area (TPSA) is 34.1 Å². The van der Waals surface area contributed by atoms with Crippen LogP contribution in [0.5, 0.6) is 0 Å². The molecule has 0 saturated carbocycles. The standard InChI is InChI=1S/C16H20F2N2O/c1-2-20-15(7-8-21-11-16(17)18)14-10-19-9-12-5-3-4-6-13(12)14/h3-6,9-10,15-16,20H,2,7-8,11H2,1H3. The van der Waals surface area contributed by atoms with Crippen LogP contribution in [0, 0.1) is 0 Å². The van der Waals surface area contributed by atoms with Crippen molar-refractivity contribution in [2.45, 2.75) is 25.8 Å². The Labute approximate surface area is 123 Å². The number of fused-ring (bicyclic) bond motifs is 1. The molecule has 1 heterocycles. The molecular weight excluding hydrogens is 274 g/mol. The third-order valence-electron chi connectivity index (χ3n) is 3.32. The molecule has 2 aromatic rings. The molecule has 1 unspecified atom stereocenters. The van der Waals surface area contributed by atoms with Crippen LogP contribution in [0.3, 0.4) is 0 Å². The molecule has 1 aromatic heterocycles. The number of hydrogen-bond acceptors (Lipinski definition) is 3. The van der Waals surface area contributed by atoms with Gasteiger partial charge < -0.3 is 10.1 Å². The summed E-state index contributed by atoms with van der Waals surface area (Å²) < 4.78 is 29.2. The van der Waals surface area contributed by atoms with E-state index in [0.29, 0.717) is 13.0 Å². The lowest BCUT2D eigenvalue weighted by Gasteiger charge is -2.19. The van der Waals surface area contributed by atoms with Crippen LogP contribution in [0.2, 0.25) is 0 Å². The lowest BCUT2D eigenvalue weighted by Crippen LogP contribution is -2.23. The molecule has 0 aliphatic carbocycles. The number of alkyl halides is 2. The van der Waals surface area contributed by atoms with Crippen LogP contribution in [0.1, 0.15) is 24.9 Å². The van der Waals surface area contributed by atoms with Crippen LogP contribution < -0.4 is 5.32 Å². The van der Waals surface area contributed by atoms with E-state index < -0.39 is 13.0 Å². The Hall–Kier alpha value is -1.59. The second kappa shape index (κ2) is 8.00. The molecule has 0 bridgehead atoms. The second-order valence-corrected chi connectivity index (χ2v) is 4.81. The molecule has 5 heteroatoms. The number of pyridine rings is 1. The zero-order chi connectivity index (χ0) is 15.1. The number of nitrogens with zero attached hydrogens (tertiary/aromatic N) is 1. The second-order valence-electron chi connectivity index (χ2n) is 4.81. The lowest BCUT2D eigenvalue weighted by molar-refractivity contribution is 0.0144. The summed E-state index contributed by atoms with van der Waals surface area (Å²) in [5.41, 5.74) is 1.08. The summed E-state index contributed by atoms with van der Waals surface area (Å²) in [7, 11) is 0. The van der Waals surface area contributed by atoms with E-state index >= 15 is 0 Å². The molecule has 0 amide bonds. The molecule has 21 heavy (non-hydrogen) atoms. The van der Waals surface area contributed by atoms with Crippen LogP contribution in [-0.2, 0) is 4.74 Å². The molecule has 0 fully saturated rings. The zero-order valence-electron chi connectivity index (χ0n) is 12.1. The monoisotopic (exact) mass is 294 g/mol. The number of benzene rings is 1. The summed E-state index contributed by atoms with van der Waals surface area (Å²) in [5.74, 6) is 0. The zero-order valence-corrected chi connectivity index (χ0v) is 12.1.